The minimum atomic E-state index is 0.132. The van der Waals surface area contributed by atoms with Crippen molar-refractivity contribution in [2.24, 2.45) is 11.7 Å². The van der Waals surface area contributed by atoms with Crippen LogP contribution in [0.15, 0.2) is 48.5 Å². The Balaban J connectivity index is 2.08. The summed E-state index contributed by atoms with van der Waals surface area (Å²) in [5, 5.41) is 0. The zero-order chi connectivity index (χ0) is 18.8. The molecule has 2 aromatic carbocycles. The molecule has 2 rings (SSSR count). The van der Waals surface area contributed by atoms with Gasteiger partial charge in [0.15, 0.2) is 11.5 Å². The van der Waals surface area contributed by atoms with Crippen molar-refractivity contribution in [2.75, 3.05) is 20.3 Å². The second-order valence-corrected chi connectivity index (χ2v) is 6.86. The topological polar surface area (TPSA) is 53.7 Å². The number of hydrogen-bond acceptors (Lipinski definition) is 4. The fraction of sp³-hybridized carbons (Fsp3) is 0.455. The molecule has 4 nitrogen and oxygen atoms in total. The normalized spacial score (nSPS) is 12.2. The van der Waals surface area contributed by atoms with Crippen LogP contribution < -0.4 is 15.2 Å². The van der Waals surface area contributed by atoms with Crippen molar-refractivity contribution in [1.82, 2.24) is 0 Å². The summed E-state index contributed by atoms with van der Waals surface area (Å²) in [4.78, 5) is 0. The first-order valence-electron chi connectivity index (χ1n) is 9.27. The standard InChI is InChI=1S/C22H31NO3/c1-17(2)20(23)14-19-10-11-21(22(15-19)25-13-7-12-24-3)26-16-18-8-5-4-6-9-18/h4-6,8-11,15,17,20H,7,12-14,16,23H2,1-3H3. The van der Waals surface area contributed by atoms with Gasteiger partial charge in [0.1, 0.15) is 6.61 Å². The summed E-state index contributed by atoms with van der Waals surface area (Å²) in [7, 11) is 1.70. The Morgan fingerprint density at radius 2 is 1.65 bits per heavy atom. The van der Waals surface area contributed by atoms with Crippen molar-refractivity contribution in [3.05, 3.63) is 59.7 Å². The molecule has 0 aromatic heterocycles. The highest BCUT2D eigenvalue weighted by Crippen LogP contribution is 2.30. The number of rotatable bonds is 11. The Morgan fingerprint density at radius 1 is 0.885 bits per heavy atom. The van der Waals surface area contributed by atoms with Crippen molar-refractivity contribution in [2.45, 2.75) is 39.3 Å². The predicted molar refractivity (Wildman–Crippen MR) is 106 cm³/mol. The minimum absolute atomic E-state index is 0.132. The van der Waals surface area contributed by atoms with Crippen LogP contribution in [0.1, 0.15) is 31.4 Å². The van der Waals surface area contributed by atoms with Crippen LogP contribution in [-0.4, -0.2) is 26.4 Å². The molecule has 4 heteroatoms. The molecule has 1 atom stereocenters. The molecule has 142 valence electrons. The maximum Gasteiger partial charge on any atom is 0.161 e. The van der Waals surface area contributed by atoms with E-state index < -0.39 is 0 Å². The number of benzene rings is 2. The maximum atomic E-state index is 6.22. The van der Waals surface area contributed by atoms with Crippen molar-refractivity contribution in [3.63, 3.8) is 0 Å². The molecular formula is C22H31NO3. The summed E-state index contributed by atoms with van der Waals surface area (Å²) < 4.78 is 17.1. The van der Waals surface area contributed by atoms with Crippen molar-refractivity contribution >= 4 is 0 Å². The number of nitrogens with two attached hydrogens (primary N) is 1. The quantitative estimate of drug-likeness (QED) is 0.612. The van der Waals surface area contributed by atoms with E-state index in [4.69, 9.17) is 19.9 Å². The summed E-state index contributed by atoms with van der Waals surface area (Å²) in [5.74, 6) is 1.97. The molecule has 2 aromatic rings. The lowest BCUT2D eigenvalue weighted by Crippen LogP contribution is -2.28. The second-order valence-electron chi connectivity index (χ2n) is 6.86. The van der Waals surface area contributed by atoms with E-state index in [0.29, 0.717) is 25.7 Å². The third-order valence-corrected chi connectivity index (χ3v) is 4.32. The zero-order valence-corrected chi connectivity index (χ0v) is 16.1. The maximum absolute atomic E-state index is 6.22. The molecule has 0 amide bonds. The van der Waals surface area contributed by atoms with Gasteiger partial charge in [-0.3, -0.25) is 0 Å². The molecule has 0 aliphatic heterocycles. The van der Waals surface area contributed by atoms with Crippen LogP contribution in [0.2, 0.25) is 0 Å². The summed E-state index contributed by atoms with van der Waals surface area (Å²) in [6, 6.07) is 16.4. The zero-order valence-electron chi connectivity index (χ0n) is 16.1. The van der Waals surface area contributed by atoms with Gasteiger partial charge in [-0.15, -0.1) is 0 Å². The highest BCUT2D eigenvalue weighted by Gasteiger charge is 2.12. The van der Waals surface area contributed by atoms with Crippen LogP contribution in [0.5, 0.6) is 11.5 Å². The number of ether oxygens (including phenoxy) is 3. The Labute approximate surface area is 157 Å². The highest BCUT2D eigenvalue weighted by molar-refractivity contribution is 5.43. The van der Waals surface area contributed by atoms with E-state index in [1.54, 1.807) is 7.11 Å². The number of methoxy groups -OCH3 is 1. The fourth-order valence-electron chi connectivity index (χ4n) is 2.54. The summed E-state index contributed by atoms with van der Waals surface area (Å²) in [6.07, 6.45) is 1.66. The monoisotopic (exact) mass is 357 g/mol. The Hall–Kier alpha value is -2.04. The van der Waals surface area contributed by atoms with E-state index >= 15 is 0 Å². The van der Waals surface area contributed by atoms with Crippen molar-refractivity contribution in [3.8, 4) is 11.5 Å². The molecule has 26 heavy (non-hydrogen) atoms. The first-order chi connectivity index (χ1) is 12.6. The van der Waals surface area contributed by atoms with E-state index in [1.165, 1.54) is 5.56 Å². The molecule has 0 bridgehead atoms. The molecule has 0 heterocycles. The van der Waals surface area contributed by atoms with Gasteiger partial charge in [-0.1, -0.05) is 50.2 Å². The summed E-state index contributed by atoms with van der Waals surface area (Å²) in [5.41, 5.74) is 8.52. The Morgan fingerprint density at radius 3 is 2.35 bits per heavy atom. The van der Waals surface area contributed by atoms with Crippen molar-refractivity contribution < 1.29 is 14.2 Å². The first-order valence-corrected chi connectivity index (χ1v) is 9.27. The Kier molecular flexibility index (Phi) is 8.45. The van der Waals surface area contributed by atoms with E-state index in [0.717, 1.165) is 29.9 Å². The molecule has 0 aliphatic rings. The van der Waals surface area contributed by atoms with Gasteiger partial charge in [-0.25, -0.2) is 0 Å². The summed E-state index contributed by atoms with van der Waals surface area (Å²) >= 11 is 0. The van der Waals surface area contributed by atoms with Gasteiger partial charge < -0.3 is 19.9 Å². The SMILES string of the molecule is COCCCOc1cc(CC(N)C(C)C)ccc1OCc1ccccc1. The molecule has 0 aliphatic carbocycles. The smallest absolute Gasteiger partial charge is 0.161 e. The second kappa shape index (κ2) is 10.8. The average Bonchev–Trinajstić information content (AvgIpc) is 2.65. The van der Waals surface area contributed by atoms with E-state index in [9.17, 15) is 0 Å². The third kappa shape index (κ3) is 6.70. The van der Waals surface area contributed by atoms with Gasteiger partial charge in [0.05, 0.1) is 6.61 Å². The van der Waals surface area contributed by atoms with Crippen LogP contribution in [0, 0.1) is 5.92 Å². The van der Waals surface area contributed by atoms with Gasteiger partial charge in [0.2, 0.25) is 0 Å². The van der Waals surface area contributed by atoms with E-state index in [2.05, 4.69) is 38.1 Å². The lowest BCUT2D eigenvalue weighted by Gasteiger charge is -2.18. The molecule has 0 saturated carbocycles. The lowest BCUT2D eigenvalue weighted by molar-refractivity contribution is 0.169. The highest BCUT2D eigenvalue weighted by atomic mass is 16.5. The van der Waals surface area contributed by atoms with E-state index in [-0.39, 0.29) is 6.04 Å². The number of hydrogen-bond donors (Lipinski definition) is 1. The van der Waals surface area contributed by atoms with Crippen LogP contribution in [-0.2, 0) is 17.8 Å². The molecule has 0 radical (unpaired) electrons. The lowest BCUT2D eigenvalue weighted by atomic mass is 9.97. The largest absolute Gasteiger partial charge is 0.490 e. The molecule has 0 spiro atoms. The van der Waals surface area contributed by atoms with Gasteiger partial charge >= 0.3 is 0 Å². The Bertz CT molecular complexity index is 643. The predicted octanol–water partition coefficient (Wildman–Crippen LogP) is 4.21. The van der Waals surface area contributed by atoms with Gasteiger partial charge in [0, 0.05) is 26.2 Å². The molecule has 2 N–H and O–H groups in total. The van der Waals surface area contributed by atoms with Gasteiger partial charge in [0.25, 0.3) is 0 Å². The third-order valence-electron chi connectivity index (χ3n) is 4.32. The summed E-state index contributed by atoms with van der Waals surface area (Å²) in [6.45, 7) is 6.07. The van der Waals surface area contributed by atoms with Crippen LogP contribution >= 0.6 is 0 Å². The van der Waals surface area contributed by atoms with Crippen LogP contribution in [0.4, 0.5) is 0 Å². The fourth-order valence-corrected chi connectivity index (χ4v) is 2.54. The van der Waals surface area contributed by atoms with Crippen LogP contribution in [0.3, 0.4) is 0 Å². The molecule has 0 fully saturated rings. The molecule has 0 saturated heterocycles. The van der Waals surface area contributed by atoms with Gasteiger partial charge in [-0.05, 0) is 35.6 Å². The van der Waals surface area contributed by atoms with Crippen molar-refractivity contribution in [1.29, 1.82) is 0 Å². The molecular weight excluding hydrogens is 326 g/mol. The minimum Gasteiger partial charge on any atom is -0.490 e. The van der Waals surface area contributed by atoms with Crippen LogP contribution in [0.25, 0.3) is 0 Å². The van der Waals surface area contributed by atoms with Gasteiger partial charge in [-0.2, -0.15) is 0 Å². The molecule has 1 unspecified atom stereocenters. The first kappa shape index (κ1) is 20.3. The van der Waals surface area contributed by atoms with E-state index in [1.807, 2.05) is 24.3 Å². The average molecular weight is 357 g/mol.